The number of hydrogen-bond acceptors (Lipinski definition) is 7. The number of esters is 1. The Bertz CT molecular complexity index is 1430. The molecule has 10 nitrogen and oxygen atoms in total. The van der Waals surface area contributed by atoms with Crippen LogP contribution in [0.1, 0.15) is 17.5 Å². The van der Waals surface area contributed by atoms with Crippen LogP contribution in [-0.2, 0) is 27.4 Å². The summed E-state index contributed by atoms with van der Waals surface area (Å²) in [5, 5.41) is 8.74. The van der Waals surface area contributed by atoms with Crippen LogP contribution in [0.5, 0.6) is 5.75 Å². The molecule has 4 rings (SSSR count). The van der Waals surface area contributed by atoms with E-state index < -0.39 is 41.1 Å². The van der Waals surface area contributed by atoms with Gasteiger partial charge in [-0.1, -0.05) is 11.6 Å². The normalized spacial score (nSPS) is 16.7. The Hall–Kier alpha value is -3.27. The second-order valence-electron chi connectivity index (χ2n) is 7.85. The molecule has 196 valence electrons. The number of halogens is 4. The van der Waals surface area contributed by atoms with Crippen molar-refractivity contribution in [2.24, 2.45) is 5.73 Å². The van der Waals surface area contributed by atoms with Crippen molar-refractivity contribution in [1.82, 2.24) is 9.88 Å². The maximum absolute atomic E-state index is 13.3. The number of nitrogens with zero attached hydrogens (tertiary/aromatic N) is 3. The molecule has 2 unspecified atom stereocenters. The topological polar surface area (TPSA) is 150 Å². The van der Waals surface area contributed by atoms with Crippen LogP contribution >= 0.6 is 22.9 Å². The minimum absolute atomic E-state index is 0.00399. The molecule has 1 saturated heterocycles. The number of pyridine rings is 1. The molecule has 16 heteroatoms. The van der Waals surface area contributed by atoms with E-state index in [4.69, 9.17) is 22.7 Å². The molecular weight excluding hydrogens is 559 g/mol. The van der Waals surface area contributed by atoms with E-state index in [-0.39, 0.29) is 41.6 Å². The van der Waals surface area contributed by atoms with Crippen molar-refractivity contribution in [1.29, 1.82) is 5.41 Å². The van der Waals surface area contributed by atoms with Gasteiger partial charge in [0.15, 0.2) is 0 Å². The van der Waals surface area contributed by atoms with Crippen LogP contribution in [0.15, 0.2) is 36.5 Å². The van der Waals surface area contributed by atoms with Crippen molar-refractivity contribution >= 4 is 67.0 Å². The van der Waals surface area contributed by atoms with Crippen LogP contribution in [0.2, 0.25) is 5.15 Å². The number of likely N-dealkylation sites (tertiary alicyclic amines) is 1. The van der Waals surface area contributed by atoms with Gasteiger partial charge in [0.1, 0.15) is 27.8 Å². The van der Waals surface area contributed by atoms with E-state index in [1.54, 1.807) is 12.1 Å². The Morgan fingerprint density at radius 1 is 1.38 bits per heavy atom. The molecule has 1 aliphatic rings. The summed E-state index contributed by atoms with van der Waals surface area (Å²) in [6.07, 6.45) is -3.66. The van der Waals surface area contributed by atoms with Crippen molar-refractivity contribution < 1.29 is 36.3 Å². The first kappa shape index (κ1) is 26.8. The number of nitrogen functional groups attached to an aromatic ring is 1. The molecule has 0 aliphatic carbocycles. The van der Waals surface area contributed by atoms with Crippen molar-refractivity contribution in [3.8, 4) is 5.75 Å². The number of ether oxygens (including phenoxy) is 1. The van der Waals surface area contributed by atoms with Crippen molar-refractivity contribution in [2.75, 3.05) is 10.8 Å². The summed E-state index contributed by atoms with van der Waals surface area (Å²) in [4.78, 5) is 29.9. The first-order valence-electron chi connectivity index (χ1n) is 10.4. The number of hydrogen-bond donors (Lipinski definition) is 3. The van der Waals surface area contributed by atoms with Gasteiger partial charge in [0.05, 0.1) is 4.70 Å². The largest absolute Gasteiger partial charge is 0.491 e. The van der Waals surface area contributed by atoms with Gasteiger partial charge in [-0.3, -0.25) is 14.8 Å². The number of aromatic nitrogens is 1. The molecule has 1 aromatic carbocycles. The summed E-state index contributed by atoms with van der Waals surface area (Å²) in [6, 6.07) is 5.69. The summed E-state index contributed by atoms with van der Waals surface area (Å²) < 4.78 is 66.6. The molecule has 3 heterocycles. The lowest BCUT2D eigenvalue weighted by molar-refractivity contribution is -0.189. The zero-order chi connectivity index (χ0) is 27.1. The van der Waals surface area contributed by atoms with Gasteiger partial charge in [-0.15, -0.1) is 11.3 Å². The Morgan fingerprint density at radius 2 is 2.11 bits per heavy atom. The smallest absolute Gasteiger partial charge is 0.420 e. The van der Waals surface area contributed by atoms with Gasteiger partial charge in [-0.2, -0.15) is 13.2 Å². The molecule has 0 radical (unpaired) electrons. The summed E-state index contributed by atoms with van der Waals surface area (Å²) >= 11 is 4.59. The average Bonchev–Trinajstić information content (AvgIpc) is 3.39. The maximum Gasteiger partial charge on any atom is 0.491 e. The summed E-state index contributed by atoms with van der Waals surface area (Å²) in [7, 11) is 0. The number of carbonyl (C=O) groups is 2. The van der Waals surface area contributed by atoms with E-state index in [1.807, 2.05) is 0 Å². The first-order chi connectivity index (χ1) is 17.4. The van der Waals surface area contributed by atoms with Crippen LogP contribution in [-0.4, -0.2) is 55.1 Å². The van der Waals surface area contributed by atoms with Gasteiger partial charge in [-0.25, -0.2) is 18.3 Å². The quantitative estimate of drug-likeness (QED) is 0.0975. The number of anilines is 1. The highest BCUT2D eigenvalue weighted by molar-refractivity contribution is 7.81. The fourth-order valence-electron chi connectivity index (χ4n) is 3.80. The molecule has 2 aromatic heterocycles. The van der Waals surface area contributed by atoms with E-state index >= 15 is 0 Å². The zero-order valence-corrected chi connectivity index (χ0v) is 20.9. The van der Waals surface area contributed by atoms with E-state index in [9.17, 15) is 31.5 Å². The fourth-order valence-corrected chi connectivity index (χ4v) is 5.99. The number of amides is 1. The lowest BCUT2D eigenvalue weighted by atomic mass is 10.1. The predicted octanol–water partition coefficient (Wildman–Crippen LogP) is 3.45. The average molecular weight is 576 g/mol. The number of benzene rings is 1. The Morgan fingerprint density at radius 3 is 2.73 bits per heavy atom. The standard InChI is InChI=1S/C21H17ClF3N5O5S2/c22-17-16-10(3-5-28-17)8-15(36-16)30(37(33)34)13-4-6-29(19(13)31)9-12-7-11(18(26)27)1-2-14(12)35-20(32)21(23,24)25/h1-3,5,7-8,13H,4,6,9H2,(H3,26,27)(H,33,34). The molecule has 1 amide bonds. The third-order valence-electron chi connectivity index (χ3n) is 5.48. The third kappa shape index (κ3) is 5.53. The van der Waals surface area contributed by atoms with Gasteiger partial charge in [-0.05, 0) is 42.1 Å². The lowest BCUT2D eigenvalue weighted by Gasteiger charge is -2.25. The number of carbonyl (C=O) groups excluding carboxylic acids is 2. The maximum atomic E-state index is 13.3. The van der Waals surface area contributed by atoms with Crippen molar-refractivity contribution in [3.63, 3.8) is 0 Å². The number of nitrogens with one attached hydrogen (secondary N) is 1. The lowest BCUT2D eigenvalue weighted by Crippen LogP contribution is -2.42. The second-order valence-corrected chi connectivity index (χ2v) is 10.1. The molecule has 0 spiro atoms. The number of rotatable bonds is 7. The highest BCUT2D eigenvalue weighted by Gasteiger charge is 2.42. The molecule has 4 N–H and O–H groups in total. The highest BCUT2D eigenvalue weighted by atomic mass is 35.5. The molecule has 1 aliphatic heterocycles. The Labute approximate surface area is 218 Å². The van der Waals surface area contributed by atoms with Crippen molar-refractivity contribution in [2.45, 2.75) is 25.2 Å². The number of alkyl halides is 3. The van der Waals surface area contributed by atoms with Gasteiger partial charge in [0.25, 0.3) is 11.3 Å². The molecule has 0 bridgehead atoms. The molecule has 1 fully saturated rings. The van der Waals surface area contributed by atoms with Crippen LogP contribution in [0, 0.1) is 5.41 Å². The molecule has 3 aromatic rings. The third-order valence-corrected chi connectivity index (χ3v) is 7.94. The number of fused-ring (bicyclic) bond motifs is 1. The highest BCUT2D eigenvalue weighted by Crippen LogP contribution is 2.39. The monoisotopic (exact) mass is 575 g/mol. The van der Waals surface area contributed by atoms with Gasteiger partial charge >= 0.3 is 12.1 Å². The minimum atomic E-state index is -5.25. The number of nitrogens with two attached hydrogens (primary N) is 1. The zero-order valence-electron chi connectivity index (χ0n) is 18.5. The molecule has 2 atom stereocenters. The summed E-state index contributed by atoms with van der Waals surface area (Å²) in [5.41, 5.74) is 5.61. The Balaban J connectivity index is 1.62. The van der Waals surface area contributed by atoms with Crippen molar-refractivity contribution in [3.05, 3.63) is 52.8 Å². The molecule has 0 saturated carbocycles. The number of amidine groups is 1. The van der Waals surface area contributed by atoms with E-state index in [0.717, 1.165) is 21.7 Å². The van der Waals surface area contributed by atoms with E-state index in [0.29, 0.717) is 15.1 Å². The van der Waals surface area contributed by atoms with Crippen LogP contribution < -0.4 is 14.8 Å². The minimum Gasteiger partial charge on any atom is -0.420 e. The second kappa shape index (κ2) is 10.2. The van der Waals surface area contributed by atoms with Crippen LogP contribution in [0.4, 0.5) is 18.2 Å². The Kier molecular flexibility index (Phi) is 7.41. The fraction of sp³-hybridized carbons (Fsp3) is 0.238. The van der Waals surface area contributed by atoms with Crippen LogP contribution in [0.3, 0.4) is 0 Å². The van der Waals surface area contributed by atoms with Gasteiger partial charge in [0, 0.05) is 30.4 Å². The number of thiophene rings is 1. The SMILES string of the molecule is N=C(N)c1ccc(OC(=O)C(F)(F)F)c(CN2CCC(N(c3cc4ccnc(Cl)c4s3)S(=O)O)C2=O)c1. The molecule has 37 heavy (non-hydrogen) atoms. The van der Waals surface area contributed by atoms with Gasteiger partial charge in [0.2, 0.25) is 5.91 Å². The van der Waals surface area contributed by atoms with E-state index in [2.05, 4.69) is 9.72 Å². The predicted molar refractivity (Wildman–Crippen MR) is 131 cm³/mol. The first-order valence-corrected chi connectivity index (χ1v) is 12.6. The molecular formula is C21H17ClF3N5O5S2. The summed E-state index contributed by atoms with van der Waals surface area (Å²) in [6.45, 7) is -0.216. The van der Waals surface area contributed by atoms with Crippen LogP contribution in [0.25, 0.3) is 10.1 Å². The van der Waals surface area contributed by atoms with E-state index in [1.165, 1.54) is 23.2 Å². The summed E-state index contributed by atoms with van der Waals surface area (Å²) in [5.74, 6) is -3.88. The van der Waals surface area contributed by atoms with Gasteiger partial charge < -0.3 is 15.4 Å².